The van der Waals surface area contributed by atoms with Gasteiger partial charge in [-0.2, -0.15) is 0 Å². The fraction of sp³-hybridized carbons (Fsp3) is 0.895. The van der Waals surface area contributed by atoms with Gasteiger partial charge in [-0.3, -0.25) is 9.59 Å². The number of rotatable bonds is 8. The first-order valence-corrected chi connectivity index (χ1v) is 18.8. The molecule has 0 aromatic rings. The van der Waals surface area contributed by atoms with Crippen LogP contribution in [0.1, 0.15) is 108 Å². The number of fused-ring (bicyclic) bond motifs is 2. The van der Waals surface area contributed by atoms with Gasteiger partial charge in [-0.1, -0.05) is 27.7 Å². The molecule has 0 unspecified atom stereocenters. The minimum atomic E-state index is -0.961. The molecule has 12 nitrogen and oxygen atoms in total. The summed E-state index contributed by atoms with van der Waals surface area (Å²) in [4.78, 5) is 26.5. The Bertz CT molecular complexity index is 1220. The lowest BCUT2D eigenvalue weighted by atomic mass is 9.79. The molecular weight excluding hydrogens is 682 g/mol. The first-order chi connectivity index (χ1) is 23.4. The highest BCUT2D eigenvalue weighted by Gasteiger charge is 2.55. The van der Waals surface area contributed by atoms with Crippen molar-refractivity contribution in [3.05, 3.63) is 11.3 Å². The largest absolute Gasteiger partial charge is 1.00 e. The van der Waals surface area contributed by atoms with E-state index in [4.69, 9.17) is 37.9 Å². The molecule has 296 valence electrons. The number of quaternary nitrogens is 1. The highest BCUT2D eigenvalue weighted by Crippen LogP contribution is 2.47. The molecule has 0 aliphatic carbocycles. The van der Waals surface area contributed by atoms with E-state index in [0.29, 0.717) is 37.9 Å². The molecule has 0 spiro atoms. The predicted molar refractivity (Wildman–Crippen MR) is 185 cm³/mol. The van der Waals surface area contributed by atoms with Crippen LogP contribution in [0.3, 0.4) is 0 Å². The second-order valence-corrected chi connectivity index (χ2v) is 16.1. The number of ether oxygens (including phenoxy) is 8. The molecular formula is C38H66ClNO11. The fourth-order valence-corrected chi connectivity index (χ4v) is 8.92. The summed E-state index contributed by atoms with van der Waals surface area (Å²) < 4.78 is 51.6. The van der Waals surface area contributed by atoms with Crippen LogP contribution in [-0.2, 0) is 47.5 Å². The van der Waals surface area contributed by atoms with Crippen LogP contribution in [0.5, 0.6) is 0 Å². The minimum absolute atomic E-state index is 0. The molecule has 0 saturated carbocycles. The molecule has 4 heterocycles. The van der Waals surface area contributed by atoms with E-state index in [1.54, 1.807) is 7.11 Å². The Morgan fingerprint density at radius 3 is 2.24 bits per heavy atom. The van der Waals surface area contributed by atoms with Gasteiger partial charge < -0.3 is 60.7 Å². The number of halogens is 1. The first kappa shape index (κ1) is 43.9. The second-order valence-electron chi connectivity index (χ2n) is 16.1. The van der Waals surface area contributed by atoms with Crippen molar-refractivity contribution in [3.8, 4) is 0 Å². The third-order valence-electron chi connectivity index (χ3n) is 11.7. The number of carbonyl (C=O) groups is 2. The highest BCUT2D eigenvalue weighted by molar-refractivity contribution is 5.73. The number of likely N-dealkylation sites (N-methyl/N-ethyl adjacent to an activating group) is 1. The van der Waals surface area contributed by atoms with Crippen molar-refractivity contribution in [2.24, 2.45) is 23.7 Å². The molecule has 0 amide bonds. The molecule has 0 aromatic heterocycles. The smallest absolute Gasteiger partial charge is 0.311 e. The van der Waals surface area contributed by atoms with E-state index in [0.717, 1.165) is 5.57 Å². The van der Waals surface area contributed by atoms with Gasteiger partial charge in [-0.25, -0.2) is 0 Å². The normalized spacial score (nSPS) is 45.3. The van der Waals surface area contributed by atoms with Gasteiger partial charge in [-0.15, -0.1) is 0 Å². The van der Waals surface area contributed by atoms with Crippen molar-refractivity contribution in [3.63, 3.8) is 0 Å². The minimum Gasteiger partial charge on any atom is -1.00 e. The van der Waals surface area contributed by atoms with Crippen LogP contribution in [0.15, 0.2) is 11.3 Å². The maximum Gasteiger partial charge on any atom is 0.311 e. The zero-order valence-corrected chi connectivity index (χ0v) is 33.9. The Morgan fingerprint density at radius 1 is 0.980 bits per heavy atom. The zero-order chi connectivity index (χ0) is 37.3. The van der Waals surface area contributed by atoms with Crippen molar-refractivity contribution in [1.82, 2.24) is 0 Å². The zero-order valence-electron chi connectivity index (χ0n) is 33.1. The first-order valence-electron chi connectivity index (χ1n) is 18.8. The standard InChI is InChI=1S/C38H65NO11.ClH/c1-14-28-22(5)30(41)23(6)31-19(2)16-38(11,50-31)34(49-36-33(46-26(9)40)27(39-12)15-20(3)45-36)24(7)32(25(8)35(42)47-28)48-29-18-37(10,43-13)17-21(4)44-29;/h20-25,27-30,32-34,36,39,41H,14-18H2,1-13H3;1H/t20-,21+,22+,23-,24+,25-,27+,28-,29+,30+,32+,33-,34-,36+,37+,38-;/m1./s1. The van der Waals surface area contributed by atoms with Crippen LogP contribution in [0.2, 0.25) is 0 Å². The predicted octanol–water partition coefficient (Wildman–Crippen LogP) is 1.01. The van der Waals surface area contributed by atoms with E-state index in [1.807, 2.05) is 81.6 Å². The number of hydrogen-bond acceptors (Lipinski definition) is 11. The van der Waals surface area contributed by atoms with Crippen LogP contribution in [-0.4, -0.2) is 104 Å². The van der Waals surface area contributed by atoms with Gasteiger partial charge >= 0.3 is 11.9 Å². The number of hydrogen-bond donors (Lipinski definition) is 2. The van der Waals surface area contributed by atoms with E-state index in [2.05, 4.69) is 0 Å². The van der Waals surface area contributed by atoms with Crippen LogP contribution < -0.4 is 17.7 Å². The Hall–Kier alpha value is -1.51. The summed E-state index contributed by atoms with van der Waals surface area (Å²) in [6.07, 6.45) is -2.56. The monoisotopic (exact) mass is 747 g/mol. The molecule has 0 aromatic carbocycles. The molecule has 13 heteroatoms. The Balaban J connectivity index is 0.00000702. The van der Waals surface area contributed by atoms with Crippen molar-refractivity contribution >= 4 is 11.9 Å². The van der Waals surface area contributed by atoms with E-state index < -0.39 is 78.1 Å². The molecule has 51 heavy (non-hydrogen) atoms. The summed E-state index contributed by atoms with van der Waals surface area (Å²) in [7, 11) is 3.64. The summed E-state index contributed by atoms with van der Waals surface area (Å²) >= 11 is 0. The Morgan fingerprint density at radius 2 is 1.65 bits per heavy atom. The van der Waals surface area contributed by atoms with Crippen LogP contribution in [0, 0.1) is 23.7 Å². The quantitative estimate of drug-likeness (QED) is 0.344. The van der Waals surface area contributed by atoms with Gasteiger partial charge in [0.05, 0.1) is 43.0 Å². The SMILES string of the molecule is CC[C@H]1OC(=O)[C@H](C)[C@@H](O[C@H]2C[C@@](C)(OC)C[C@H](C)O2)[C@H](C)[C@@H](O[C@@H]2O[C@H](C)C[C@H]([NH2+]C)[C@H]2OC(C)=O)[C@@]2(C)CC(C)=C(O2)[C@H](C)[C@@H](O)[C@H]1C.[Cl-]. The number of esters is 2. The topological polar surface area (TPSA) is 145 Å². The van der Waals surface area contributed by atoms with Gasteiger partial charge in [0.1, 0.15) is 29.6 Å². The maximum atomic E-state index is 14.1. The molecule has 4 aliphatic heterocycles. The van der Waals surface area contributed by atoms with E-state index in [9.17, 15) is 14.7 Å². The van der Waals surface area contributed by atoms with Crippen molar-refractivity contribution in [1.29, 1.82) is 0 Å². The third-order valence-corrected chi connectivity index (χ3v) is 11.7. The molecule has 3 N–H and O–H groups in total. The lowest BCUT2D eigenvalue weighted by molar-refractivity contribution is -0.680. The molecule has 4 aliphatic rings. The van der Waals surface area contributed by atoms with Crippen LogP contribution in [0.25, 0.3) is 0 Å². The lowest BCUT2D eigenvalue weighted by Crippen LogP contribution is -3.00. The summed E-state index contributed by atoms with van der Waals surface area (Å²) in [5.74, 6) is -2.13. The van der Waals surface area contributed by atoms with Crippen LogP contribution in [0.4, 0.5) is 0 Å². The fourth-order valence-electron chi connectivity index (χ4n) is 8.92. The van der Waals surface area contributed by atoms with Gasteiger partial charge in [-0.05, 0) is 53.5 Å². The third kappa shape index (κ3) is 9.79. The summed E-state index contributed by atoms with van der Waals surface area (Å²) in [5, 5.41) is 13.7. The molecule has 2 bridgehead atoms. The average molecular weight is 748 g/mol. The maximum absolute atomic E-state index is 14.1. The van der Waals surface area contributed by atoms with Gasteiger partial charge in [0.15, 0.2) is 6.29 Å². The van der Waals surface area contributed by atoms with Crippen molar-refractivity contribution in [2.75, 3.05) is 14.2 Å². The number of aliphatic hydroxyl groups excluding tert-OH is 1. The Labute approximate surface area is 311 Å². The second kappa shape index (κ2) is 17.8. The van der Waals surface area contributed by atoms with Crippen LogP contribution >= 0.6 is 0 Å². The summed E-state index contributed by atoms with van der Waals surface area (Å²) in [6.45, 7) is 21.1. The van der Waals surface area contributed by atoms with Gasteiger partial charge in [0.2, 0.25) is 12.4 Å². The van der Waals surface area contributed by atoms with E-state index >= 15 is 0 Å². The number of aliphatic hydroxyl groups is 1. The average Bonchev–Trinajstić information content (AvgIpc) is 3.37. The molecule has 3 fully saturated rings. The van der Waals surface area contributed by atoms with Gasteiger partial charge in [0.25, 0.3) is 0 Å². The van der Waals surface area contributed by atoms with Crippen molar-refractivity contribution in [2.45, 2.75) is 181 Å². The molecule has 16 atom stereocenters. The van der Waals surface area contributed by atoms with E-state index in [1.165, 1.54) is 6.92 Å². The molecule has 3 saturated heterocycles. The number of methoxy groups -OCH3 is 1. The van der Waals surface area contributed by atoms with Crippen molar-refractivity contribution < 1.29 is 70.3 Å². The van der Waals surface area contributed by atoms with Gasteiger partial charge in [0, 0.05) is 57.5 Å². The summed E-state index contributed by atoms with van der Waals surface area (Å²) in [5.41, 5.74) is -0.429. The molecule has 4 rings (SSSR count). The lowest BCUT2D eigenvalue weighted by Gasteiger charge is -2.47. The highest BCUT2D eigenvalue weighted by atomic mass is 35.5. The summed E-state index contributed by atoms with van der Waals surface area (Å²) in [6, 6.07) is -0.0992. The number of cyclic esters (lactones) is 1. The Kier molecular flexibility index (Phi) is 15.3. The van der Waals surface area contributed by atoms with E-state index in [-0.39, 0.29) is 42.5 Å². The number of nitrogens with two attached hydrogens (primary N) is 1. The molecule has 0 radical (unpaired) electrons. The number of carbonyl (C=O) groups excluding carboxylic acids is 2.